The van der Waals surface area contributed by atoms with Gasteiger partial charge in [0.25, 0.3) is 0 Å². The molecule has 3 N–H and O–H groups in total. The van der Waals surface area contributed by atoms with Crippen LogP contribution < -0.4 is 5.32 Å². The topological polar surface area (TPSA) is 86.6 Å². The van der Waals surface area contributed by atoms with Crippen LogP contribution in [0.15, 0.2) is 0 Å². The summed E-state index contributed by atoms with van der Waals surface area (Å²) in [6.07, 6.45) is -0.438. The summed E-state index contributed by atoms with van der Waals surface area (Å²) in [5.74, 6) is -2.07. The number of carbonyl (C=O) groups is 2. The molecule has 0 rings (SSSR count). The Bertz CT molecular complexity index is 181. The van der Waals surface area contributed by atoms with Crippen molar-refractivity contribution in [2.45, 2.75) is 12.5 Å². The third-order valence-electron chi connectivity index (χ3n) is 1.16. The molecule has 8 heteroatoms. The van der Waals surface area contributed by atoms with Gasteiger partial charge in [-0.05, 0) is 0 Å². The van der Waals surface area contributed by atoms with Crippen molar-refractivity contribution in [1.82, 2.24) is 5.32 Å². The molecule has 74 valence electrons. The monoisotopic (exact) mass is 243 g/mol. The molecule has 0 radical (unpaired) electrons. The molecule has 0 aromatic rings. The van der Waals surface area contributed by atoms with Gasteiger partial charge in [-0.1, -0.05) is 0 Å². The van der Waals surface area contributed by atoms with Crippen LogP contribution in [-0.2, 0) is 9.59 Å². The molecule has 0 spiro atoms. The van der Waals surface area contributed by atoms with Crippen LogP contribution in [0.2, 0.25) is 0 Å². The zero-order valence-electron chi connectivity index (χ0n) is 6.29. The number of hydrogen-bond acceptors (Lipinski definition) is 3. The average molecular weight is 244 g/mol. The minimum absolute atomic E-state index is 0. The number of alkyl halides is 1. The summed E-state index contributed by atoms with van der Waals surface area (Å²) in [5.41, 5.74) is 0. The van der Waals surface area contributed by atoms with Crippen LogP contribution in [0.5, 0.6) is 0 Å². The number of hydrogen-bond donors (Lipinski definition) is 3. The molecule has 14 heavy (non-hydrogen) atoms. The molecule has 0 amide bonds. The Hall–Kier alpha value is 1.19. The standard InChI is InChI=1S/C6H10ClNO4.2Na.2H/c7-1-2-8-4(6(11)12)3-5(9)10;;;;/h4,8H,1-3H2,(H,9,10)(H,11,12);;;;/t4-;;;;/m0..../s1. The van der Waals surface area contributed by atoms with E-state index in [2.05, 4.69) is 5.32 Å². The van der Waals surface area contributed by atoms with E-state index < -0.39 is 24.4 Å². The summed E-state index contributed by atoms with van der Waals surface area (Å²) in [7, 11) is 0. The average Bonchev–Trinajstić information content (AvgIpc) is 1.96. The van der Waals surface area contributed by atoms with E-state index in [1.54, 1.807) is 0 Å². The van der Waals surface area contributed by atoms with Crippen molar-refractivity contribution in [2.24, 2.45) is 0 Å². The molecule has 0 aliphatic rings. The maximum absolute atomic E-state index is 10.4. The van der Waals surface area contributed by atoms with E-state index in [9.17, 15) is 9.59 Å². The molecule has 0 aromatic heterocycles. The van der Waals surface area contributed by atoms with Gasteiger partial charge in [0.1, 0.15) is 6.04 Å². The van der Waals surface area contributed by atoms with E-state index in [0.717, 1.165) is 0 Å². The van der Waals surface area contributed by atoms with Crippen LogP contribution in [0.3, 0.4) is 0 Å². The van der Waals surface area contributed by atoms with Crippen molar-refractivity contribution in [3.05, 3.63) is 0 Å². The molecular formula is C6H12ClNNa2O4. The molecular weight excluding hydrogens is 232 g/mol. The zero-order valence-corrected chi connectivity index (χ0v) is 7.04. The predicted octanol–water partition coefficient (Wildman–Crippen LogP) is -1.55. The third-order valence-corrected chi connectivity index (χ3v) is 1.35. The number of nitrogens with one attached hydrogen (secondary N) is 1. The molecule has 0 bridgehead atoms. The van der Waals surface area contributed by atoms with Gasteiger partial charge in [0, 0.05) is 12.4 Å². The fourth-order valence-corrected chi connectivity index (χ4v) is 0.759. The Balaban J connectivity index is -0.000000605. The summed E-state index contributed by atoms with van der Waals surface area (Å²) in [6, 6.07) is -1.05. The predicted molar refractivity (Wildman–Crippen MR) is 56.7 cm³/mol. The minimum atomic E-state index is -1.18. The number of carboxylic acid groups (broad SMARTS) is 2. The van der Waals surface area contributed by atoms with Crippen molar-refractivity contribution >= 4 is 82.7 Å². The second-order valence-corrected chi connectivity index (χ2v) is 2.51. The summed E-state index contributed by atoms with van der Waals surface area (Å²) < 4.78 is 0. The van der Waals surface area contributed by atoms with Gasteiger partial charge in [-0.3, -0.25) is 9.59 Å². The molecule has 1 atom stereocenters. The van der Waals surface area contributed by atoms with Crippen molar-refractivity contribution in [2.75, 3.05) is 12.4 Å². The molecule has 0 saturated heterocycles. The van der Waals surface area contributed by atoms with Gasteiger partial charge in [0.2, 0.25) is 0 Å². The van der Waals surface area contributed by atoms with Crippen molar-refractivity contribution in [3.8, 4) is 0 Å². The summed E-state index contributed by atoms with van der Waals surface area (Å²) in [4.78, 5) is 20.5. The first-order valence-corrected chi connectivity index (χ1v) is 3.85. The quantitative estimate of drug-likeness (QED) is 0.388. The van der Waals surface area contributed by atoms with Gasteiger partial charge in [-0.25, -0.2) is 0 Å². The van der Waals surface area contributed by atoms with Crippen LogP contribution in [-0.4, -0.2) is 99.7 Å². The first kappa shape index (κ1) is 20.6. The van der Waals surface area contributed by atoms with E-state index in [-0.39, 0.29) is 71.5 Å². The first-order valence-electron chi connectivity index (χ1n) is 3.32. The molecule has 0 unspecified atom stereocenters. The van der Waals surface area contributed by atoms with Crippen LogP contribution in [0.25, 0.3) is 0 Å². The number of rotatable bonds is 6. The zero-order chi connectivity index (χ0) is 9.56. The molecule has 5 nitrogen and oxygen atoms in total. The Morgan fingerprint density at radius 3 is 2.07 bits per heavy atom. The summed E-state index contributed by atoms with van der Waals surface area (Å²) in [6.45, 7) is 0.284. The van der Waals surface area contributed by atoms with E-state index in [0.29, 0.717) is 0 Å². The Labute approximate surface area is 131 Å². The first-order chi connectivity index (χ1) is 5.57. The molecule has 0 aliphatic heterocycles. The summed E-state index contributed by atoms with van der Waals surface area (Å²) in [5, 5.41) is 19.3. The van der Waals surface area contributed by atoms with Crippen LogP contribution >= 0.6 is 11.6 Å². The number of aliphatic carboxylic acids is 2. The van der Waals surface area contributed by atoms with Gasteiger partial charge >= 0.3 is 71.1 Å². The van der Waals surface area contributed by atoms with Crippen molar-refractivity contribution in [3.63, 3.8) is 0 Å². The Morgan fingerprint density at radius 2 is 1.79 bits per heavy atom. The molecule has 0 aromatic carbocycles. The normalized spacial score (nSPS) is 10.6. The number of halogens is 1. The molecule has 0 aliphatic carbocycles. The third kappa shape index (κ3) is 11.3. The fourth-order valence-electron chi connectivity index (χ4n) is 0.650. The van der Waals surface area contributed by atoms with Gasteiger partial charge < -0.3 is 15.5 Å². The Morgan fingerprint density at radius 1 is 1.29 bits per heavy atom. The second-order valence-electron chi connectivity index (χ2n) is 2.13. The van der Waals surface area contributed by atoms with Gasteiger partial charge in [-0.2, -0.15) is 0 Å². The van der Waals surface area contributed by atoms with Gasteiger partial charge in [-0.15, -0.1) is 11.6 Å². The second kappa shape index (κ2) is 12.3. The molecule has 0 saturated carbocycles. The van der Waals surface area contributed by atoms with Gasteiger partial charge in [0.05, 0.1) is 6.42 Å². The maximum atomic E-state index is 10.4. The number of carboxylic acids is 2. The summed E-state index contributed by atoms with van der Waals surface area (Å²) >= 11 is 5.28. The van der Waals surface area contributed by atoms with E-state index in [1.165, 1.54) is 0 Å². The fraction of sp³-hybridized carbons (Fsp3) is 0.667. The molecule has 0 fully saturated rings. The van der Waals surface area contributed by atoms with Crippen LogP contribution in [0.1, 0.15) is 6.42 Å². The van der Waals surface area contributed by atoms with Gasteiger partial charge in [0.15, 0.2) is 0 Å². The SMILES string of the molecule is O=C(O)C[C@H](NCCCl)C(=O)O.[NaH].[NaH]. The Kier molecular flexibility index (Phi) is 18.0. The molecule has 0 heterocycles. The van der Waals surface area contributed by atoms with Crippen molar-refractivity contribution in [1.29, 1.82) is 0 Å². The van der Waals surface area contributed by atoms with E-state index in [1.807, 2.05) is 0 Å². The van der Waals surface area contributed by atoms with Crippen molar-refractivity contribution < 1.29 is 19.8 Å². The van der Waals surface area contributed by atoms with E-state index >= 15 is 0 Å². The van der Waals surface area contributed by atoms with Crippen LogP contribution in [0.4, 0.5) is 0 Å². The van der Waals surface area contributed by atoms with Crippen LogP contribution in [0, 0.1) is 0 Å². The van der Waals surface area contributed by atoms with E-state index in [4.69, 9.17) is 21.8 Å².